The number of piperidine rings is 1. The number of carbonyl (C=O) groups is 2. The number of benzene rings is 2. The molecule has 2 amide bonds. The molecule has 3 aliphatic rings. The van der Waals surface area contributed by atoms with Gasteiger partial charge < -0.3 is 19.9 Å². The van der Waals surface area contributed by atoms with Gasteiger partial charge in [-0.2, -0.15) is 0 Å². The van der Waals surface area contributed by atoms with Crippen molar-refractivity contribution < 1.29 is 14.3 Å². The van der Waals surface area contributed by atoms with Crippen LogP contribution in [0.1, 0.15) is 55.7 Å². The number of carbonyl (C=O) groups excluding carboxylic acids is 2. The molecule has 8 heteroatoms. The van der Waals surface area contributed by atoms with Crippen molar-refractivity contribution in [3.63, 3.8) is 0 Å². The molecule has 6 nitrogen and oxygen atoms in total. The molecule has 0 aromatic heterocycles. The lowest BCUT2D eigenvalue weighted by atomic mass is 9.77. The van der Waals surface area contributed by atoms with E-state index in [0.29, 0.717) is 17.5 Å². The van der Waals surface area contributed by atoms with Gasteiger partial charge in [-0.3, -0.25) is 9.59 Å². The maximum Gasteiger partial charge on any atom is 0.229 e. The van der Waals surface area contributed by atoms with Crippen molar-refractivity contribution in [2.75, 3.05) is 33.3 Å². The zero-order chi connectivity index (χ0) is 25.1. The second-order valence-corrected chi connectivity index (χ2v) is 11.0. The Balaban J connectivity index is 0.00000320. The molecule has 0 bridgehead atoms. The second-order valence-electron chi connectivity index (χ2n) is 10.6. The first-order valence-corrected chi connectivity index (χ1v) is 13.5. The zero-order valence-corrected chi connectivity index (χ0v) is 23.0. The number of amides is 2. The van der Waals surface area contributed by atoms with Crippen molar-refractivity contribution in [3.8, 4) is 5.75 Å². The summed E-state index contributed by atoms with van der Waals surface area (Å²) in [5.74, 6) is 1.45. The van der Waals surface area contributed by atoms with Crippen LogP contribution in [0.2, 0.25) is 5.02 Å². The Hall–Kier alpha value is -2.28. The number of rotatable bonds is 9. The molecule has 2 aromatic rings. The second kappa shape index (κ2) is 12.1. The van der Waals surface area contributed by atoms with Crippen LogP contribution in [-0.2, 0) is 16.1 Å². The highest BCUT2D eigenvalue weighted by atomic mass is 35.5. The number of nitrogens with zero attached hydrogens (tertiary/aromatic N) is 2. The summed E-state index contributed by atoms with van der Waals surface area (Å²) in [4.78, 5) is 30.4. The number of hydrogen-bond donors (Lipinski definition) is 1. The Bertz CT molecular complexity index is 1080. The third-order valence-corrected chi connectivity index (χ3v) is 8.57. The average Bonchev–Trinajstić information content (AvgIpc) is 3.72. The molecule has 1 atom stereocenters. The van der Waals surface area contributed by atoms with E-state index in [0.717, 1.165) is 81.6 Å². The first kappa shape index (κ1) is 27.7. The SMILES string of the molecule is COc1ccc(CN2CCC3(CCN(CCC(NC(=O)C4CC4)c4ccccc4Cl)CC3)C2=O)cc1.Cl. The predicted molar refractivity (Wildman–Crippen MR) is 148 cm³/mol. The molecule has 1 spiro atoms. The number of likely N-dealkylation sites (tertiary alicyclic amines) is 2. The number of ether oxygens (including phenoxy) is 1. The van der Waals surface area contributed by atoms with Crippen LogP contribution in [0.25, 0.3) is 0 Å². The lowest BCUT2D eigenvalue weighted by Gasteiger charge is -2.38. The van der Waals surface area contributed by atoms with Crippen molar-refractivity contribution in [2.45, 2.75) is 51.1 Å². The van der Waals surface area contributed by atoms with Crippen molar-refractivity contribution in [2.24, 2.45) is 11.3 Å². The van der Waals surface area contributed by atoms with Gasteiger partial charge in [0.1, 0.15) is 5.75 Å². The van der Waals surface area contributed by atoms with Crippen molar-refractivity contribution in [1.29, 1.82) is 0 Å². The molecule has 1 aliphatic carbocycles. The summed E-state index contributed by atoms with van der Waals surface area (Å²) in [7, 11) is 1.66. The minimum Gasteiger partial charge on any atom is -0.497 e. The summed E-state index contributed by atoms with van der Waals surface area (Å²) in [6.07, 6.45) is 5.52. The highest BCUT2D eigenvalue weighted by molar-refractivity contribution is 6.31. The topological polar surface area (TPSA) is 61.9 Å². The highest BCUT2D eigenvalue weighted by Crippen LogP contribution is 2.42. The van der Waals surface area contributed by atoms with E-state index in [1.165, 1.54) is 0 Å². The van der Waals surface area contributed by atoms with Crippen LogP contribution in [0, 0.1) is 11.3 Å². The monoisotopic (exact) mass is 545 g/mol. The quantitative estimate of drug-likeness (QED) is 0.467. The van der Waals surface area contributed by atoms with Gasteiger partial charge in [-0.15, -0.1) is 12.4 Å². The Labute approximate surface area is 231 Å². The minimum atomic E-state index is -0.217. The summed E-state index contributed by atoms with van der Waals surface area (Å²) in [5, 5.41) is 3.95. The van der Waals surface area contributed by atoms with Crippen LogP contribution in [0.15, 0.2) is 48.5 Å². The van der Waals surface area contributed by atoms with E-state index in [2.05, 4.69) is 10.2 Å². The van der Waals surface area contributed by atoms with E-state index < -0.39 is 0 Å². The Morgan fingerprint density at radius 3 is 2.41 bits per heavy atom. The number of hydrogen-bond acceptors (Lipinski definition) is 4. The van der Waals surface area contributed by atoms with Gasteiger partial charge in [-0.05, 0) is 80.9 Å². The summed E-state index contributed by atoms with van der Waals surface area (Å²) in [6, 6.07) is 15.7. The summed E-state index contributed by atoms with van der Waals surface area (Å²) in [5.41, 5.74) is 1.91. The van der Waals surface area contributed by atoms with Crippen LogP contribution in [-0.4, -0.2) is 54.9 Å². The summed E-state index contributed by atoms with van der Waals surface area (Å²) >= 11 is 6.49. The Kier molecular flexibility index (Phi) is 9.04. The van der Waals surface area contributed by atoms with Crippen molar-refractivity contribution >= 4 is 35.8 Å². The molecule has 2 aromatic carbocycles. The zero-order valence-electron chi connectivity index (χ0n) is 21.5. The molecule has 1 saturated carbocycles. The lowest BCUT2D eigenvalue weighted by Crippen LogP contribution is -2.45. The molecule has 2 saturated heterocycles. The molecule has 2 aliphatic heterocycles. The lowest BCUT2D eigenvalue weighted by molar-refractivity contribution is -0.139. The van der Waals surface area contributed by atoms with Gasteiger partial charge in [0.05, 0.1) is 18.6 Å². The van der Waals surface area contributed by atoms with E-state index in [1.54, 1.807) is 7.11 Å². The van der Waals surface area contributed by atoms with Gasteiger partial charge in [0.15, 0.2) is 0 Å². The largest absolute Gasteiger partial charge is 0.497 e. The fraction of sp³-hybridized carbons (Fsp3) is 0.517. The molecule has 200 valence electrons. The first-order valence-electron chi connectivity index (χ1n) is 13.2. The molecule has 3 fully saturated rings. The van der Waals surface area contributed by atoms with Gasteiger partial charge in [0, 0.05) is 30.6 Å². The third-order valence-electron chi connectivity index (χ3n) is 8.23. The molecular formula is C29H37Cl2N3O3. The van der Waals surface area contributed by atoms with Crippen molar-refractivity contribution in [3.05, 3.63) is 64.7 Å². The summed E-state index contributed by atoms with van der Waals surface area (Å²) < 4.78 is 5.25. The van der Waals surface area contributed by atoms with E-state index in [1.807, 2.05) is 53.4 Å². The van der Waals surface area contributed by atoms with E-state index in [4.69, 9.17) is 16.3 Å². The van der Waals surface area contributed by atoms with Gasteiger partial charge >= 0.3 is 0 Å². The van der Waals surface area contributed by atoms with Crippen LogP contribution >= 0.6 is 24.0 Å². The van der Waals surface area contributed by atoms with Gasteiger partial charge in [-0.1, -0.05) is 41.9 Å². The van der Waals surface area contributed by atoms with Gasteiger partial charge in [0.25, 0.3) is 0 Å². The Morgan fingerprint density at radius 2 is 1.76 bits per heavy atom. The average molecular weight is 547 g/mol. The number of halogens is 2. The van der Waals surface area contributed by atoms with E-state index in [9.17, 15) is 9.59 Å². The Morgan fingerprint density at radius 1 is 1.08 bits per heavy atom. The third kappa shape index (κ3) is 6.42. The van der Waals surface area contributed by atoms with Crippen LogP contribution in [0.4, 0.5) is 0 Å². The summed E-state index contributed by atoms with van der Waals surface area (Å²) in [6.45, 7) is 4.18. The molecule has 0 radical (unpaired) electrons. The maximum absolute atomic E-state index is 13.4. The normalized spacial score (nSPS) is 19.9. The molecule has 5 rings (SSSR count). The van der Waals surface area contributed by atoms with Crippen LogP contribution in [0.5, 0.6) is 5.75 Å². The van der Waals surface area contributed by atoms with Crippen LogP contribution in [0.3, 0.4) is 0 Å². The minimum absolute atomic E-state index is 0. The highest BCUT2D eigenvalue weighted by Gasteiger charge is 2.47. The molecule has 1 N–H and O–H groups in total. The maximum atomic E-state index is 13.4. The van der Waals surface area contributed by atoms with Gasteiger partial charge in [-0.25, -0.2) is 0 Å². The molecule has 1 unspecified atom stereocenters. The number of nitrogens with one attached hydrogen (secondary N) is 1. The fourth-order valence-electron chi connectivity index (χ4n) is 5.67. The molecule has 2 heterocycles. The van der Waals surface area contributed by atoms with Crippen molar-refractivity contribution in [1.82, 2.24) is 15.1 Å². The van der Waals surface area contributed by atoms with E-state index in [-0.39, 0.29) is 35.7 Å². The smallest absolute Gasteiger partial charge is 0.229 e. The van der Waals surface area contributed by atoms with Crippen LogP contribution < -0.4 is 10.1 Å². The standard InChI is InChI=1S/C29H36ClN3O3.ClH/c1-36-23-10-6-21(7-11-23)20-33-19-15-29(28(33)35)13-17-32(18-14-29)16-12-26(31-27(34)22-8-9-22)24-4-2-3-5-25(24)30;/h2-7,10-11,22,26H,8-9,12-20H2,1H3,(H,31,34);1H. The first-order chi connectivity index (χ1) is 17.5. The number of methoxy groups -OCH3 is 1. The predicted octanol–water partition coefficient (Wildman–Crippen LogP) is 5.24. The fourth-order valence-corrected chi connectivity index (χ4v) is 5.94. The molecule has 37 heavy (non-hydrogen) atoms. The van der Waals surface area contributed by atoms with E-state index >= 15 is 0 Å². The molecular weight excluding hydrogens is 509 g/mol. The van der Waals surface area contributed by atoms with Gasteiger partial charge in [0.2, 0.25) is 11.8 Å².